The molecule has 1 atom stereocenters. The molecule has 0 aliphatic rings. The number of hydrogen-bond acceptors (Lipinski definition) is 6. The molecule has 5 nitrogen and oxygen atoms in total. The van der Waals surface area contributed by atoms with E-state index in [4.69, 9.17) is 4.74 Å². The Morgan fingerprint density at radius 1 is 1.41 bits per heavy atom. The molecule has 0 bridgehead atoms. The minimum Gasteiger partial charge on any atom is -0.464 e. The Morgan fingerprint density at radius 2 is 2.06 bits per heavy atom. The molecule has 17 heavy (non-hydrogen) atoms. The van der Waals surface area contributed by atoms with Gasteiger partial charge < -0.3 is 9.47 Å². The van der Waals surface area contributed by atoms with Gasteiger partial charge in [0.25, 0.3) is 0 Å². The molecule has 1 heterocycles. The van der Waals surface area contributed by atoms with E-state index in [0.717, 1.165) is 0 Å². The molecule has 1 unspecified atom stereocenters. The average Bonchev–Trinajstić information content (AvgIpc) is 2.73. The van der Waals surface area contributed by atoms with E-state index in [1.807, 2.05) is 6.92 Å². The summed E-state index contributed by atoms with van der Waals surface area (Å²) in [6.45, 7) is 3.82. The SMILES string of the molecule is COCC(C)c1nc(C(=O)OC)c(C(C)=O)s1. The van der Waals surface area contributed by atoms with Gasteiger partial charge in [-0.2, -0.15) is 0 Å². The van der Waals surface area contributed by atoms with Crippen molar-refractivity contribution in [2.45, 2.75) is 19.8 Å². The van der Waals surface area contributed by atoms with E-state index in [1.54, 1.807) is 7.11 Å². The van der Waals surface area contributed by atoms with Crippen LogP contribution in [0.3, 0.4) is 0 Å². The van der Waals surface area contributed by atoms with Crippen LogP contribution in [0, 0.1) is 0 Å². The maximum absolute atomic E-state index is 11.5. The molecule has 0 N–H and O–H groups in total. The van der Waals surface area contributed by atoms with Crippen molar-refractivity contribution in [2.24, 2.45) is 0 Å². The van der Waals surface area contributed by atoms with Crippen molar-refractivity contribution < 1.29 is 19.1 Å². The van der Waals surface area contributed by atoms with Crippen LogP contribution in [0.15, 0.2) is 0 Å². The van der Waals surface area contributed by atoms with Crippen LogP contribution in [-0.4, -0.2) is 37.6 Å². The minimum absolute atomic E-state index is 0.0431. The van der Waals surface area contributed by atoms with Crippen LogP contribution in [-0.2, 0) is 9.47 Å². The first-order chi connectivity index (χ1) is 8.01. The number of Topliss-reactive ketones (excluding diaryl/α,β-unsaturated/α-hetero) is 1. The van der Waals surface area contributed by atoms with Crippen LogP contribution in [0.4, 0.5) is 0 Å². The first-order valence-electron chi connectivity index (χ1n) is 5.10. The molecule has 0 amide bonds. The molecule has 0 spiro atoms. The van der Waals surface area contributed by atoms with E-state index in [1.165, 1.54) is 25.4 Å². The van der Waals surface area contributed by atoms with E-state index >= 15 is 0 Å². The van der Waals surface area contributed by atoms with Crippen molar-refractivity contribution in [3.8, 4) is 0 Å². The molecule has 1 aromatic rings. The maximum atomic E-state index is 11.5. The normalized spacial score (nSPS) is 12.2. The third kappa shape index (κ3) is 3.10. The fourth-order valence-corrected chi connectivity index (χ4v) is 2.33. The van der Waals surface area contributed by atoms with Gasteiger partial charge in [0.15, 0.2) is 11.5 Å². The lowest BCUT2D eigenvalue weighted by Crippen LogP contribution is -2.07. The summed E-state index contributed by atoms with van der Waals surface area (Å²) in [6, 6.07) is 0. The summed E-state index contributed by atoms with van der Waals surface area (Å²) in [6.07, 6.45) is 0. The van der Waals surface area contributed by atoms with Crippen molar-refractivity contribution in [3.63, 3.8) is 0 Å². The number of rotatable bonds is 5. The van der Waals surface area contributed by atoms with E-state index in [2.05, 4.69) is 9.72 Å². The molecule has 0 radical (unpaired) electrons. The molecule has 0 saturated carbocycles. The van der Waals surface area contributed by atoms with Gasteiger partial charge >= 0.3 is 5.97 Å². The van der Waals surface area contributed by atoms with Crippen molar-refractivity contribution in [1.82, 2.24) is 4.98 Å². The standard InChI is InChI=1S/C11H15NO4S/c1-6(5-15-3)10-12-8(11(14)16-4)9(17-10)7(2)13/h6H,5H2,1-4H3. The van der Waals surface area contributed by atoms with Crippen molar-refractivity contribution >= 4 is 23.1 Å². The zero-order chi connectivity index (χ0) is 13.0. The van der Waals surface area contributed by atoms with Crippen molar-refractivity contribution in [3.05, 3.63) is 15.6 Å². The summed E-state index contributed by atoms with van der Waals surface area (Å²) in [5, 5.41) is 0.706. The molecular weight excluding hydrogens is 242 g/mol. The first kappa shape index (κ1) is 13.8. The van der Waals surface area contributed by atoms with Gasteiger partial charge in [-0.15, -0.1) is 11.3 Å². The second-order valence-corrected chi connectivity index (χ2v) is 4.66. The van der Waals surface area contributed by atoms with Gasteiger partial charge in [0.1, 0.15) is 4.88 Å². The maximum Gasteiger partial charge on any atom is 0.358 e. The number of carbonyl (C=O) groups is 2. The molecule has 6 heteroatoms. The van der Waals surface area contributed by atoms with Gasteiger partial charge in [-0.25, -0.2) is 9.78 Å². The fourth-order valence-electron chi connectivity index (χ4n) is 1.34. The third-order valence-corrected chi connectivity index (χ3v) is 3.57. The first-order valence-corrected chi connectivity index (χ1v) is 5.91. The Balaban J connectivity index is 3.12. The zero-order valence-corrected chi connectivity index (χ0v) is 11.1. The molecular formula is C11H15NO4S. The summed E-state index contributed by atoms with van der Waals surface area (Å²) in [5.74, 6) is -0.720. The number of ether oxygens (including phenoxy) is 2. The van der Waals surface area contributed by atoms with Crippen LogP contribution in [0.1, 0.15) is 44.9 Å². The number of nitrogens with zero attached hydrogens (tertiary/aromatic N) is 1. The highest BCUT2D eigenvalue weighted by atomic mass is 32.1. The van der Waals surface area contributed by atoms with Gasteiger partial charge in [-0.05, 0) is 0 Å². The smallest absolute Gasteiger partial charge is 0.358 e. The van der Waals surface area contributed by atoms with Crippen LogP contribution in [0.25, 0.3) is 0 Å². The van der Waals surface area contributed by atoms with Crippen molar-refractivity contribution in [2.75, 3.05) is 20.8 Å². The summed E-state index contributed by atoms with van der Waals surface area (Å²) in [7, 11) is 2.86. The molecule has 94 valence electrons. The summed E-state index contributed by atoms with van der Waals surface area (Å²) >= 11 is 1.22. The molecule has 1 aromatic heterocycles. The van der Waals surface area contributed by atoms with Crippen molar-refractivity contribution in [1.29, 1.82) is 0 Å². The lowest BCUT2D eigenvalue weighted by Gasteiger charge is -2.04. The third-order valence-electron chi connectivity index (χ3n) is 2.18. The Morgan fingerprint density at radius 3 is 2.53 bits per heavy atom. The monoisotopic (exact) mass is 257 g/mol. The van der Waals surface area contributed by atoms with Gasteiger partial charge in [-0.3, -0.25) is 4.79 Å². The average molecular weight is 257 g/mol. The predicted molar refractivity (Wildman–Crippen MR) is 63.7 cm³/mol. The molecule has 0 aliphatic heterocycles. The van der Waals surface area contributed by atoms with Crippen LogP contribution >= 0.6 is 11.3 Å². The lowest BCUT2D eigenvalue weighted by atomic mass is 10.2. The highest BCUT2D eigenvalue weighted by Gasteiger charge is 2.23. The van der Waals surface area contributed by atoms with Gasteiger partial charge in [-0.1, -0.05) is 6.92 Å². The lowest BCUT2D eigenvalue weighted by molar-refractivity contribution is 0.0591. The molecule has 0 aliphatic carbocycles. The molecule has 0 aromatic carbocycles. The Hall–Kier alpha value is -1.27. The van der Waals surface area contributed by atoms with E-state index < -0.39 is 5.97 Å². The zero-order valence-electron chi connectivity index (χ0n) is 10.3. The number of ketones is 1. The largest absolute Gasteiger partial charge is 0.464 e. The minimum atomic E-state index is -0.581. The second-order valence-electron chi connectivity index (χ2n) is 3.63. The number of esters is 1. The number of methoxy groups -OCH3 is 2. The Bertz CT molecular complexity index is 427. The van der Waals surface area contributed by atoms with Gasteiger partial charge in [0.05, 0.1) is 18.7 Å². The molecule has 1 rings (SSSR count). The number of hydrogen-bond donors (Lipinski definition) is 0. The summed E-state index contributed by atoms with van der Waals surface area (Å²) in [4.78, 5) is 27.4. The van der Waals surface area contributed by atoms with Crippen LogP contribution in [0.2, 0.25) is 0 Å². The fraction of sp³-hybridized carbons (Fsp3) is 0.545. The topological polar surface area (TPSA) is 65.5 Å². The quantitative estimate of drug-likeness (QED) is 0.595. The Kier molecular flexibility index (Phi) is 4.77. The highest BCUT2D eigenvalue weighted by molar-refractivity contribution is 7.14. The predicted octanol–water partition coefficient (Wildman–Crippen LogP) is 1.88. The molecule has 0 fully saturated rings. The second kappa shape index (κ2) is 5.88. The number of aromatic nitrogens is 1. The van der Waals surface area contributed by atoms with Crippen LogP contribution in [0.5, 0.6) is 0 Å². The Labute approximate surface area is 104 Å². The highest BCUT2D eigenvalue weighted by Crippen LogP contribution is 2.26. The van der Waals surface area contributed by atoms with Gasteiger partial charge in [0, 0.05) is 20.0 Å². The van der Waals surface area contributed by atoms with E-state index in [9.17, 15) is 9.59 Å². The van der Waals surface area contributed by atoms with E-state index in [0.29, 0.717) is 16.5 Å². The summed E-state index contributed by atoms with van der Waals surface area (Å²) < 4.78 is 9.62. The number of thiazole rings is 1. The van der Waals surface area contributed by atoms with E-state index in [-0.39, 0.29) is 17.4 Å². The van der Waals surface area contributed by atoms with Gasteiger partial charge in [0.2, 0.25) is 0 Å². The summed E-state index contributed by atoms with van der Waals surface area (Å²) in [5.41, 5.74) is 0.1000. The van der Waals surface area contributed by atoms with Crippen LogP contribution < -0.4 is 0 Å². The molecule has 0 saturated heterocycles. The number of carbonyl (C=O) groups excluding carboxylic acids is 2.